The van der Waals surface area contributed by atoms with E-state index in [0.717, 1.165) is 12.1 Å². The fraction of sp³-hybridized carbons (Fsp3) is 0.0476. The van der Waals surface area contributed by atoms with Crippen molar-refractivity contribution in [2.24, 2.45) is 0 Å². The molecule has 0 unspecified atom stereocenters. The Bertz CT molecular complexity index is 1270. The molecule has 31 heavy (non-hydrogen) atoms. The van der Waals surface area contributed by atoms with E-state index in [9.17, 15) is 18.3 Å². The molecule has 0 fully saturated rings. The Balaban J connectivity index is 1.73. The maximum absolute atomic E-state index is 12.6. The van der Waals surface area contributed by atoms with Crippen LogP contribution in [0.1, 0.15) is 5.56 Å². The molecule has 10 heteroatoms. The molecule has 0 aliphatic carbocycles. The first-order valence-corrected chi connectivity index (χ1v) is 10.7. The molecule has 0 atom stereocenters. The Labute approximate surface area is 183 Å². The highest BCUT2D eigenvalue weighted by atomic mass is 35.5. The van der Waals surface area contributed by atoms with E-state index in [-0.39, 0.29) is 33.3 Å². The topological polar surface area (TPSA) is 129 Å². The van der Waals surface area contributed by atoms with Gasteiger partial charge >= 0.3 is 0 Å². The number of ether oxygens (including phenoxy) is 1. The summed E-state index contributed by atoms with van der Waals surface area (Å²) in [6.45, 7) is -0.449. The average molecular weight is 458 g/mol. The molecule has 0 saturated heterocycles. The average Bonchev–Trinajstić information content (AvgIpc) is 2.73. The highest BCUT2D eigenvalue weighted by Gasteiger charge is 2.18. The summed E-state index contributed by atoms with van der Waals surface area (Å²) in [5.41, 5.74) is 0.408. The number of phenolic OH excluding ortho intramolecular Hbond substituents is 1. The number of amides is 1. The number of phenols is 1. The second kappa shape index (κ2) is 9.38. The summed E-state index contributed by atoms with van der Waals surface area (Å²) in [4.78, 5) is 12.0. The summed E-state index contributed by atoms with van der Waals surface area (Å²) < 4.78 is 33.0. The van der Waals surface area contributed by atoms with Gasteiger partial charge in [-0.2, -0.15) is 5.26 Å². The number of carbonyl (C=O) groups is 1. The number of nitriles is 1. The van der Waals surface area contributed by atoms with Gasteiger partial charge < -0.3 is 15.2 Å². The lowest BCUT2D eigenvalue weighted by Gasteiger charge is -2.12. The first-order valence-electron chi connectivity index (χ1n) is 8.82. The Kier molecular flexibility index (Phi) is 6.65. The van der Waals surface area contributed by atoms with Gasteiger partial charge in [0.1, 0.15) is 17.6 Å². The Morgan fingerprint density at radius 3 is 2.61 bits per heavy atom. The van der Waals surface area contributed by atoms with E-state index in [1.807, 2.05) is 6.07 Å². The number of hydrogen-bond acceptors (Lipinski definition) is 6. The molecular weight excluding hydrogens is 442 g/mol. The van der Waals surface area contributed by atoms with Gasteiger partial charge in [-0.3, -0.25) is 9.52 Å². The molecule has 3 aromatic carbocycles. The standard InChI is InChI=1S/C21H16ClN3O5S/c22-15-5-3-6-16(10-15)25-31(28,29)17-8-9-19(26)18(11-17)24-21(27)13-30-20-7-2-1-4-14(20)12-23/h1-11,25-26H,13H2,(H,24,27). The Hall–Kier alpha value is -3.74. The fourth-order valence-corrected chi connectivity index (χ4v) is 3.83. The number of para-hydroxylation sites is 1. The van der Waals surface area contributed by atoms with Crippen molar-refractivity contribution >= 4 is 38.9 Å². The minimum absolute atomic E-state index is 0.115. The van der Waals surface area contributed by atoms with Crippen molar-refractivity contribution in [2.75, 3.05) is 16.6 Å². The van der Waals surface area contributed by atoms with Gasteiger partial charge in [0.15, 0.2) is 6.61 Å². The molecule has 0 bridgehead atoms. The van der Waals surface area contributed by atoms with Crippen molar-refractivity contribution < 1.29 is 23.1 Å². The minimum atomic E-state index is -4.01. The molecule has 3 N–H and O–H groups in total. The van der Waals surface area contributed by atoms with Gasteiger partial charge in [0.25, 0.3) is 15.9 Å². The van der Waals surface area contributed by atoms with Crippen LogP contribution in [0.3, 0.4) is 0 Å². The molecule has 158 valence electrons. The number of carbonyl (C=O) groups excluding carboxylic acids is 1. The van der Waals surface area contributed by atoms with Crippen molar-refractivity contribution in [1.82, 2.24) is 0 Å². The third-order valence-corrected chi connectivity index (χ3v) is 5.61. The van der Waals surface area contributed by atoms with Crippen molar-refractivity contribution in [3.05, 3.63) is 77.3 Å². The largest absolute Gasteiger partial charge is 0.506 e. The highest BCUT2D eigenvalue weighted by Crippen LogP contribution is 2.28. The molecule has 1 amide bonds. The Morgan fingerprint density at radius 1 is 1.10 bits per heavy atom. The van der Waals surface area contributed by atoms with Gasteiger partial charge in [-0.15, -0.1) is 0 Å². The molecular formula is C21H16ClN3O5S. The van der Waals surface area contributed by atoms with Crippen LogP contribution in [-0.2, 0) is 14.8 Å². The number of anilines is 2. The van der Waals surface area contributed by atoms with Gasteiger partial charge in [0.05, 0.1) is 21.8 Å². The third-order valence-electron chi connectivity index (χ3n) is 4.00. The molecule has 0 aliphatic rings. The number of nitrogens with zero attached hydrogens (tertiary/aromatic N) is 1. The number of aromatic hydroxyl groups is 1. The molecule has 0 saturated carbocycles. The zero-order valence-electron chi connectivity index (χ0n) is 15.9. The van der Waals surface area contributed by atoms with Crippen LogP contribution in [0.5, 0.6) is 11.5 Å². The van der Waals surface area contributed by atoms with Gasteiger partial charge in [-0.1, -0.05) is 29.8 Å². The summed E-state index contributed by atoms with van der Waals surface area (Å²) in [5, 5.41) is 21.8. The summed E-state index contributed by atoms with van der Waals surface area (Å²) in [7, 11) is -4.01. The summed E-state index contributed by atoms with van der Waals surface area (Å²) in [6, 6.07) is 18.0. The minimum Gasteiger partial charge on any atom is -0.506 e. The van der Waals surface area contributed by atoms with Crippen LogP contribution >= 0.6 is 11.6 Å². The quantitative estimate of drug-likeness (QED) is 0.463. The first kappa shape index (κ1) is 22.0. The Morgan fingerprint density at radius 2 is 1.87 bits per heavy atom. The molecule has 0 aromatic heterocycles. The van der Waals surface area contributed by atoms with E-state index in [0.29, 0.717) is 5.02 Å². The normalized spacial score (nSPS) is 10.7. The van der Waals surface area contributed by atoms with Gasteiger partial charge in [-0.05, 0) is 48.5 Å². The summed E-state index contributed by atoms with van der Waals surface area (Å²) in [5.74, 6) is -0.751. The lowest BCUT2D eigenvalue weighted by atomic mass is 10.2. The van der Waals surface area contributed by atoms with Crippen molar-refractivity contribution in [1.29, 1.82) is 5.26 Å². The van der Waals surface area contributed by atoms with Gasteiger partial charge in [0, 0.05) is 5.02 Å². The van der Waals surface area contributed by atoms with E-state index in [1.54, 1.807) is 30.3 Å². The van der Waals surface area contributed by atoms with E-state index >= 15 is 0 Å². The van der Waals surface area contributed by atoms with E-state index in [4.69, 9.17) is 21.6 Å². The molecule has 0 radical (unpaired) electrons. The number of nitrogens with one attached hydrogen (secondary N) is 2. The zero-order valence-corrected chi connectivity index (χ0v) is 17.4. The maximum Gasteiger partial charge on any atom is 0.262 e. The SMILES string of the molecule is N#Cc1ccccc1OCC(=O)Nc1cc(S(=O)(=O)Nc2cccc(Cl)c2)ccc1O. The highest BCUT2D eigenvalue weighted by molar-refractivity contribution is 7.92. The van der Waals surface area contributed by atoms with Crippen molar-refractivity contribution in [2.45, 2.75) is 4.90 Å². The smallest absolute Gasteiger partial charge is 0.262 e. The molecule has 3 aromatic rings. The lowest BCUT2D eigenvalue weighted by molar-refractivity contribution is -0.118. The van der Waals surface area contributed by atoms with Gasteiger partial charge in [0.2, 0.25) is 0 Å². The van der Waals surface area contributed by atoms with E-state index in [1.165, 1.54) is 24.3 Å². The van der Waals surface area contributed by atoms with Crippen LogP contribution in [-0.4, -0.2) is 26.0 Å². The molecule has 0 aliphatic heterocycles. The third kappa shape index (κ3) is 5.66. The van der Waals surface area contributed by atoms with Crippen LogP contribution in [0.4, 0.5) is 11.4 Å². The van der Waals surface area contributed by atoms with Crippen molar-refractivity contribution in [3.63, 3.8) is 0 Å². The predicted octanol–water partition coefficient (Wildman–Crippen LogP) is 3.74. The second-order valence-corrected chi connectivity index (χ2v) is 8.36. The predicted molar refractivity (Wildman–Crippen MR) is 116 cm³/mol. The van der Waals surface area contributed by atoms with Crippen LogP contribution in [0.2, 0.25) is 5.02 Å². The first-order chi connectivity index (χ1) is 14.8. The van der Waals surface area contributed by atoms with Gasteiger partial charge in [-0.25, -0.2) is 8.42 Å². The maximum atomic E-state index is 12.6. The van der Waals surface area contributed by atoms with E-state index < -0.39 is 22.5 Å². The summed E-state index contributed by atoms with van der Waals surface area (Å²) in [6.07, 6.45) is 0. The molecule has 0 heterocycles. The monoisotopic (exact) mass is 457 g/mol. The number of rotatable bonds is 7. The molecule has 3 rings (SSSR count). The molecule has 0 spiro atoms. The number of benzene rings is 3. The van der Waals surface area contributed by atoms with E-state index in [2.05, 4.69) is 10.0 Å². The number of hydrogen-bond donors (Lipinski definition) is 3. The summed E-state index contributed by atoms with van der Waals surface area (Å²) >= 11 is 5.87. The fourth-order valence-electron chi connectivity index (χ4n) is 2.56. The number of sulfonamides is 1. The second-order valence-electron chi connectivity index (χ2n) is 6.24. The van der Waals surface area contributed by atoms with Crippen LogP contribution in [0, 0.1) is 11.3 Å². The zero-order chi connectivity index (χ0) is 22.4. The lowest BCUT2D eigenvalue weighted by Crippen LogP contribution is -2.21. The van der Waals surface area contributed by atoms with Crippen molar-refractivity contribution in [3.8, 4) is 17.6 Å². The molecule has 8 nitrogen and oxygen atoms in total. The van der Waals surface area contributed by atoms with Crippen LogP contribution in [0.15, 0.2) is 71.6 Å². The number of halogens is 1. The van der Waals surface area contributed by atoms with Crippen LogP contribution in [0.25, 0.3) is 0 Å². The van der Waals surface area contributed by atoms with Crippen LogP contribution < -0.4 is 14.8 Å².